The van der Waals surface area contributed by atoms with Crippen molar-refractivity contribution in [2.45, 2.75) is 19.6 Å². The van der Waals surface area contributed by atoms with E-state index >= 15 is 0 Å². The summed E-state index contributed by atoms with van der Waals surface area (Å²) in [6, 6.07) is 14.3. The number of aryl methyl sites for hydroxylation is 1. The maximum atomic E-state index is 13.8. The van der Waals surface area contributed by atoms with Crippen molar-refractivity contribution >= 4 is 22.5 Å². The zero-order valence-corrected chi connectivity index (χ0v) is 15.3. The molecule has 28 heavy (non-hydrogen) atoms. The van der Waals surface area contributed by atoms with E-state index in [0.717, 1.165) is 27.7 Å². The van der Waals surface area contributed by atoms with Gasteiger partial charge in [-0.05, 0) is 48.4 Å². The predicted molar refractivity (Wildman–Crippen MR) is 104 cm³/mol. The number of ether oxygens (including phenoxy) is 1. The number of nitrogens with zero attached hydrogens (tertiary/aromatic N) is 4. The number of aromatic nitrogens is 4. The number of rotatable bonds is 3. The fourth-order valence-corrected chi connectivity index (χ4v) is 3.67. The Hall–Kier alpha value is -3.32. The molecular weight excluding hydrogens is 357 g/mol. The van der Waals surface area contributed by atoms with E-state index in [4.69, 9.17) is 4.74 Å². The van der Waals surface area contributed by atoms with Gasteiger partial charge in [0.05, 0.1) is 23.9 Å². The summed E-state index contributed by atoms with van der Waals surface area (Å²) in [5, 5.41) is 13.1. The molecule has 5 rings (SSSR count). The average molecular weight is 375 g/mol. The lowest BCUT2D eigenvalue weighted by Crippen LogP contribution is -2.26. The second-order valence-corrected chi connectivity index (χ2v) is 6.85. The Labute approximate surface area is 161 Å². The summed E-state index contributed by atoms with van der Waals surface area (Å²) in [7, 11) is 0. The number of nitrogens with one attached hydrogen (secondary N) is 1. The van der Waals surface area contributed by atoms with Crippen LogP contribution in [-0.2, 0) is 11.3 Å². The average Bonchev–Trinajstić information content (AvgIpc) is 3.13. The third kappa shape index (κ3) is 2.80. The van der Waals surface area contributed by atoms with Gasteiger partial charge in [-0.2, -0.15) is 0 Å². The summed E-state index contributed by atoms with van der Waals surface area (Å²) < 4.78 is 21.5. The standard InChI is InChI=1S/C21H18FN5O/c1-13-7-8-17-16(6-3-9-23-17)20(13)24-21-26-25-19-12-28-11-18(27(19)21)14-4-2-5-15(22)10-14/h2-10,18H,11-12H2,1H3,(H,24,26). The molecule has 1 aliphatic rings. The number of fused-ring (bicyclic) bond motifs is 2. The van der Waals surface area contributed by atoms with Crippen molar-refractivity contribution in [1.29, 1.82) is 0 Å². The van der Waals surface area contributed by atoms with E-state index in [9.17, 15) is 4.39 Å². The highest BCUT2D eigenvalue weighted by molar-refractivity contribution is 5.94. The van der Waals surface area contributed by atoms with Crippen LogP contribution in [0.15, 0.2) is 54.7 Å². The van der Waals surface area contributed by atoms with Crippen molar-refractivity contribution in [2.24, 2.45) is 0 Å². The number of hydrogen-bond acceptors (Lipinski definition) is 5. The zero-order valence-electron chi connectivity index (χ0n) is 15.3. The van der Waals surface area contributed by atoms with E-state index in [1.165, 1.54) is 12.1 Å². The van der Waals surface area contributed by atoms with Gasteiger partial charge in [0, 0.05) is 11.6 Å². The van der Waals surface area contributed by atoms with Gasteiger partial charge in [-0.1, -0.05) is 18.2 Å². The van der Waals surface area contributed by atoms with Crippen LogP contribution in [0.4, 0.5) is 16.0 Å². The number of pyridine rings is 1. The van der Waals surface area contributed by atoms with Gasteiger partial charge in [-0.3, -0.25) is 9.55 Å². The highest BCUT2D eigenvalue weighted by Crippen LogP contribution is 2.33. The van der Waals surface area contributed by atoms with Crippen LogP contribution in [0.5, 0.6) is 0 Å². The minimum Gasteiger partial charge on any atom is -0.371 e. The second kappa shape index (κ2) is 6.69. The summed E-state index contributed by atoms with van der Waals surface area (Å²) >= 11 is 0. The third-order valence-corrected chi connectivity index (χ3v) is 5.05. The lowest BCUT2D eigenvalue weighted by atomic mass is 10.1. The van der Waals surface area contributed by atoms with Gasteiger partial charge in [0.15, 0.2) is 5.82 Å². The van der Waals surface area contributed by atoms with Crippen LogP contribution in [0.1, 0.15) is 23.0 Å². The Morgan fingerprint density at radius 2 is 2.07 bits per heavy atom. The Balaban J connectivity index is 1.61. The van der Waals surface area contributed by atoms with Crippen LogP contribution in [0, 0.1) is 12.7 Å². The molecule has 0 saturated carbocycles. The number of hydrogen-bond donors (Lipinski definition) is 1. The van der Waals surface area contributed by atoms with Crippen molar-refractivity contribution in [2.75, 3.05) is 11.9 Å². The Bertz CT molecular complexity index is 1170. The first-order valence-electron chi connectivity index (χ1n) is 9.09. The van der Waals surface area contributed by atoms with E-state index < -0.39 is 0 Å². The smallest absolute Gasteiger partial charge is 0.229 e. The molecule has 0 spiro atoms. The molecule has 1 N–H and O–H groups in total. The minimum absolute atomic E-state index is 0.203. The number of benzene rings is 2. The molecule has 140 valence electrons. The molecule has 2 aromatic heterocycles. The van der Waals surface area contributed by atoms with Gasteiger partial charge in [0.1, 0.15) is 12.4 Å². The normalized spacial score (nSPS) is 16.1. The second-order valence-electron chi connectivity index (χ2n) is 6.85. The SMILES string of the molecule is Cc1ccc2ncccc2c1Nc1nnc2n1C(c1cccc(F)c1)COC2. The Morgan fingerprint density at radius 1 is 1.14 bits per heavy atom. The summed E-state index contributed by atoms with van der Waals surface area (Å²) in [5.74, 6) is 1.04. The molecule has 1 aliphatic heterocycles. The van der Waals surface area contributed by atoms with E-state index in [2.05, 4.69) is 20.5 Å². The molecule has 3 heterocycles. The highest BCUT2D eigenvalue weighted by atomic mass is 19.1. The van der Waals surface area contributed by atoms with E-state index in [-0.39, 0.29) is 11.9 Å². The molecular formula is C21H18FN5O. The van der Waals surface area contributed by atoms with E-state index in [1.54, 1.807) is 12.3 Å². The third-order valence-electron chi connectivity index (χ3n) is 5.05. The fraction of sp³-hybridized carbons (Fsp3) is 0.190. The monoisotopic (exact) mass is 375 g/mol. The first-order chi connectivity index (χ1) is 13.7. The first kappa shape index (κ1) is 16.8. The lowest BCUT2D eigenvalue weighted by Gasteiger charge is -2.27. The molecule has 4 aromatic rings. The van der Waals surface area contributed by atoms with E-state index in [1.807, 2.05) is 41.8 Å². The van der Waals surface area contributed by atoms with Crippen LogP contribution >= 0.6 is 0 Å². The molecule has 0 fully saturated rings. The molecule has 0 bridgehead atoms. The van der Waals surface area contributed by atoms with Gasteiger partial charge in [-0.15, -0.1) is 10.2 Å². The van der Waals surface area contributed by atoms with Crippen LogP contribution in [0.2, 0.25) is 0 Å². The highest BCUT2D eigenvalue weighted by Gasteiger charge is 2.27. The summed E-state index contributed by atoms with van der Waals surface area (Å²) in [6.07, 6.45) is 1.78. The van der Waals surface area contributed by atoms with Gasteiger partial charge in [-0.25, -0.2) is 4.39 Å². The molecule has 6 nitrogen and oxygen atoms in total. The molecule has 0 saturated heterocycles. The quantitative estimate of drug-likeness (QED) is 0.583. The first-order valence-corrected chi connectivity index (χ1v) is 9.09. The Kier molecular flexibility index (Phi) is 4.02. The molecule has 1 unspecified atom stereocenters. The van der Waals surface area contributed by atoms with Crippen LogP contribution in [0.3, 0.4) is 0 Å². The van der Waals surface area contributed by atoms with Crippen LogP contribution < -0.4 is 5.32 Å². The molecule has 0 amide bonds. The summed E-state index contributed by atoms with van der Waals surface area (Å²) in [4.78, 5) is 4.43. The lowest BCUT2D eigenvalue weighted by molar-refractivity contribution is 0.0669. The molecule has 7 heteroatoms. The topological polar surface area (TPSA) is 64.9 Å². The predicted octanol–water partition coefficient (Wildman–Crippen LogP) is 4.14. The number of anilines is 2. The van der Waals surface area contributed by atoms with Crippen molar-refractivity contribution < 1.29 is 9.13 Å². The van der Waals surface area contributed by atoms with Crippen LogP contribution in [-0.4, -0.2) is 26.4 Å². The molecule has 1 atom stereocenters. The van der Waals surface area contributed by atoms with Crippen molar-refractivity contribution in [1.82, 2.24) is 19.7 Å². The number of halogens is 1. The molecule has 0 aliphatic carbocycles. The fourth-order valence-electron chi connectivity index (χ4n) is 3.67. The van der Waals surface area contributed by atoms with Gasteiger partial charge >= 0.3 is 0 Å². The molecule has 2 aromatic carbocycles. The van der Waals surface area contributed by atoms with Gasteiger partial charge in [0.25, 0.3) is 0 Å². The Morgan fingerprint density at radius 3 is 2.96 bits per heavy atom. The summed E-state index contributed by atoms with van der Waals surface area (Å²) in [5.41, 5.74) is 3.73. The molecule has 0 radical (unpaired) electrons. The zero-order chi connectivity index (χ0) is 19.1. The maximum Gasteiger partial charge on any atom is 0.229 e. The van der Waals surface area contributed by atoms with Gasteiger partial charge < -0.3 is 10.1 Å². The van der Waals surface area contributed by atoms with Crippen molar-refractivity contribution in [3.8, 4) is 0 Å². The van der Waals surface area contributed by atoms with Crippen molar-refractivity contribution in [3.05, 3.63) is 77.5 Å². The van der Waals surface area contributed by atoms with Gasteiger partial charge in [0.2, 0.25) is 5.95 Å². The van der Waals surface area contributed by atoms with Crippen molar-refractivity contribution in [3.63, 3.8) is 0 Å². The largest absolute Gasteiger partial charge is 0.371 e. The minimum atomic E-state index is -0.275. The summed E-state index contributed by atoms with van der Waals surface area (Å²) in [6.45, 7) is 2.84. The maximum absolute atomic E-state index is 13.8. The van der Waals surface area contributed by atoms with Crippen LogP contribution in [0.25, 0.3) is 10.9 Å². The van der Waals surface area contributed by atoms with E-state index in [0.29, 0.717) is 25.0 Å².